The van der Waals surface area contributed by atoms with Crippen molar-refractivity contribution in [1.82, 2.24) is 5.32 Å². The molecule has 2 heterocycles. The molecule has 0 radical (unpaired) electrons. The summed E-state index contributed by atoms with van der Waals surface area (Å²) in [6, 6.07) is 4.03. The summed E-state index contributed by atoms with van der Waals surface area (Å²) in [6.45, 7) is 0.737. The monoisotopic (exact) mass is 287 g/mol. The molecule has 2 aromatic heterocycles. The van der Waals surface area contributed by atoms with E-state index in [4.69, 9.17) is 11.6 Å². The van der Waals surface area contributed by atoms with Crippen molar-refractivity contribution in [3.63, 3.8) is 0 Å². The zero-order valence-corrected chi connectivity index (χ0v) is 11.8. The SMILES string of the molecule is O=C(NCCCCCCl)c1cc2sccc2s1. The molecule has 0 aliphatic carbocycles. The molecule has 1 amide bonds. The Morgan fingerprint density at radius 2 is 2.18 bits per heavy atom. The number of alkyl halides is 1. The van der Waals surface area contributed by atoms with Crippen molar-refractivity contribution < 1.29 is 4.79 Å². The number of rotatable bonds is 6. The lowest BCUT2D eigenvalue weighted by molar-refractivity contribution is 0.0957. The van der Waals surface area contributed by atoms with Crippen LogP contribution in [0.2, 0.25) is 0 Å². The van der Waals surface area contributed by atoms with Crippen LogP contribution in [0.3, 0.4) is 0 Å². The lowest BCUT2D eigenvalue weighted by Crippen LogP contribution is -2.23. The molecule has 5 heteroatoms. The summed E-state index contributed by atoms with van der Waals surface area (Å²) in [5.74, 6) is 0.749. The van der Waals surface area contributed by atoms with Gasteiger partial charge in [0, 0.05) is 21.8 Å². The van der Waals surface area contributed by atoms with Crippen LogP contribution < -0.4 is 5.32 Å². The lowest BCUT2D eigenvalue weighted by atomic mass is 10.2. The number of carbonyl (C=O) groups is 1. The van der Waals surface area contributed by atoms with E-state index in [1.807, 2.05) is 6.07 Å². The number of thiophene rings is 2. The summed E-state index contributed by atoms with van der Waals surface area (Å²) in [6.07, 6.45) is 3.09. The minimum atomic E-state index is 0.0456. The lowest BCUT2D eigenvalue weighted by Gasteiger charge is -2.02. The van der Waals surface area contributed by atoms with Crippen LogP contribution in [0, 0.1) is 0 Å². The van der Waals surface area contributed by atoms with Crippen molar-refractivity contribution in [2.75, 3.05) is 12.4 Å². The fourth-order valence-electron chi connectivity index (χ4n) is 1.56. The van der Waals surface area contributed by atoms with E-state index in [2.05, 4.69) is 16.8 Å². The summed E-state index contributed by atoms with van der Waals surface area (Å²) >= 11 is 8.82. The van der Waals surface area contributed by atoms with E-state index < -0.39 is 0 Å². The molecule has 2 aromatic rings. The standard InChI is InChI=1S/C12H14ClNOS2/c13-5-2-1-3-6-14-12(15)11-8-10-9(17-11)4-7-16-10/h4,7-8H,1-3,5-6H2,(H,14,15). The Morgan fingerprint density at radius 1 is 1.29 bits per heavy atom. The second-order valence-electron chi connectivity index (χ2n) is 3.77. The number of hydrogen-bond donors (Lipinski definition) is 1. The first-order chi connectivity index (χ1) is 8.31. The first-order valence-corrected chi connectivity index (χ1v) is 7.85. The molecule has 0 spiro atoms. The third-order valence-corrected chi connectivity index (χ3v) is 4.82. The van der Waals surface area contributed by atoms with Gasteiger partial charge in [-0.2, -0.15) is 0 Å². The predicted molar refractivity (Wildman–Crippen MR) is 76.6 cm³/mol. The molecule has 2 nitrogen and oxygen atoms in total. The molecule has 0 saturated carbocycles. The highest BCUT2D eigenvalue weighted by atomic mass is 35.5. The van der Waals surface area contributed by atoms with Gasteiger partial charge in [-0.05, 0) is 30.4 Å². The maximum Gasteiger partial charge on any atom is 0.261 e. The van der Waals surface area contributed by atoms with Gasteiger partial charge in [-0.25, -0.2) is 0 Å². The number of amides is 1. The van der Waals surface area contributed by atoms with Crippen molar-refractivity contribution in [1.29, 1.82) is 0 Å². The van der Waals surface area contributed by atoms with E-state index in [-0.39, 0.29) is 5.91 Å². The Hall–Kier alpha value is -0.580. The highest BCUT2D eigenvalue weighted by Crippen LogP contribution is 2.29. The molecule has 1 N–H and O–H groups in total. The average molecular weight is 288 g/mol. The van der Waals surface area contributed by atoms with Gasteiger partial charge in [-0.15, -0.1) is 34.3 Å². The second-order valence-corrected chi connectivity index (χ2v) is 6.17. The number of nitrogens with one attached hydrogen (secondary N) is 1. The number of fused-ring (bicyclic) bond motifs is 1. The highest BCUT2D eigenvalue weighted by Gasteiger charge is 2.09. The van der Waals surface area contributed by atoms with Crippen molar-refractivity contribution in [3.05, 3.63) is 22.4 Å². The number of unbranched alkanes of at least 4 members (excludes halogenated alkanes) is 2. The van der Waals surface area contributed by atoms with Crippen molar-refractivity contribution in [2.24, 2.45) is 0 Å². The normalized spacial score (nSPS) is 10.9. The highest BCUT2D eigenvalue weighted by molar-refractivity contribution is 7.27. The molecular formula is C12H14ClNOS2. The summed E-state index contributed by atoms with van der Waals surface area (Å²) in [4.78, 5) is 12.6. The molecule has 0 aromatic carbocycles. The number of halogens is 1. The van der Waals surface area contributed by atoms with Gasteiger partial charge in [0.15, 0.2) is 0 Å². The number of hydrogen-bond acceptors (Lipinski definition) is 3. The fourth-order valence-corrected chi connectivity index (χ4v) is 3.78. The molecule has 2 rings (SSSR count). The molecule has 0 aliphatic rings. The molecule has 0 fully saturated rings. The molecule has 92 valence electrons. The van der Waals surface area contributed by atoms with Gasteiger partial charge in [0.05, 0.1) is 4.88 Å². The van der Waals surface area contributed by atoms with Crippen molar-refractivity contribution in [3.8, 4) is 0 Å². The van der Waals surface area contributed by atoms with Gasteiger partial charge in [0.2, 0.25) is 0 Å². The Kier molecular flexibility index (Phi) is 4.83. The molecule has 0 atom stereocenters. The maximum absolute atomic E-state index is 11.8. The van der Waals surface area contributed by atoms with E-state index in [0.717, 1.165) is 30.7 Å². The van der Waals surface area contributed by atoms with Crippen LogP contribution in [0.1, 0.15) is 28.9 Å². The van der Waals surface area contributed by atoms with E-state index >= 15 is 0 Å². The van der Waals surface area contributed by atoms with E-state index in [1.54, 1.807) is 22.7 Å². The Balaban J connectivity index is 1.81. The van der Waals surface area contributed by atoms with Crippen LogP contribution in [-0.2, 0) is 0 Å². The first-order valence-electron chi connectivity index (χ1n) is 5.62. The molecular weight excluding hydrogens is 274 g/mol. The Labute approximate surface area is 114 Å². The zero-order valence-electron chi connectivity index (χ0n) is 9.37. The maximum atomic E-state index is 11.8. The summed E-state index contributed by atoms with van der Waals surface area (Å²) in [7, 11) is 0. The fraction of sp³-hybridized carbons (Fsp3) is 0.417. The van der Waals surface area contributed by atoms with Gasteiger partial charge in [-0.1, -0.05) is 6.42 Å². The van der Waals surface area contributed by atoms with E-state index in [1.165, 1.54) is 9.40 Å². The van der Waals surface area contributed by atoms with Crippen LogP contribution in [0.4, 0.5) is 0 Å². The Morgan fingerprint density at radius 3 is 2.94 bits per heavy atom. The van der Waals surface area contributed by atoms with Gasteiger partial charge in [0.25, 0.3) is 5.91 Å². The Bertz CT molecular complexity index is 463. The minimum Gasteiger partial charge on any atom is -0.351 e. The van der Waals surface area contributed by atoms with Gasteiger partial charge in [-0.3, -0.25) is 4.79 Å². The van der Waals surface area contributed by atoms with Gasteiger partial charge in [0.1, 0.15) is 0 Å². The predicted octanol–water partition coefficient (Wildman–Crippen LogP) is 4.10. The molecule has 0 aliphatic heterocycles. The summed E-state index contributed by atoms with van der Waals surface area (Å²) in [5, 5.41) is 4.99. The summed E-state index contributed by atoms with van der Waals surface area (Å²) in [5.41, 5.74) is 0. The molecule has 17 heavy (non-hydrogen) atoms. The average Bonchev–Trinajstić information content (AvgIpc) is 2.88. The minimum absolute atomic E-state index is 0.0456. The zero-order chi connectivity index (χ0) is 12.1. The second kappa shape index (κ2) is 6.38. The summed E-state index contributed by atoms with van der Waals surface area (Å²) < 4.78 is 2.39. The third-order valence-electron chi connectivity index (χ3n) is 2.46. The largest absolute Gasteiger partial charge is 0.351 e. The van der Waals surface area contributed by atoms with E-state index in [0.29, 0.717) is 5.88 Å². The number of carbonyl (C=O) groups excluding carboxylic acids is 1. The van der Waals surface area contributed by atoms with Gasteiger partial charge < -0.3 is 5.32 Å². The quantitative estimate of drug-likeness (QED) is 0.629. The van der Waals surface area contributed by atoms with Crippen LogP contribution >= 0.6 is 34.3 Å². The van der Waals surface area contributed by atoms with E-state index in [9.17, 15) is 4.79 Å². The molecule has 0 bridgehead atoms. The smallest absolute Gasteiger partial charge is 0.261 e. The van der Waals surface area contributed by atoms with Crippen LogP contribution in [-0.4, -0.2) is 18.3 Å². The topological polar surface area (TPSA) is 29.1 Å². The van der Waals surface area contributed by atoms with Crippen LogP contribution in [0.15, 0.2) is 17.5 Å². The molecule has 0 unspecified atom stereocenters. The third kappa shape index (κ3) is 3.44. The molecule has 0 saturated heterocycles. The van der Waals surface area contributed by atoms with Crippen LogP contribution in [0.25, 0.3) is 9.40 Å². The van der Waals surface area contributed by atoms with Crippen molar-refractivity contribution >= 4 is 49.6 Å². The van der Waals surface area contributed by atoms with Crippen molar-refractivity contribution in [2.45, 2.75) is 19.3 Å². The van der Waals surface area contributed by atoms with Gasteiger partial charge >= 0.3 is 0 Å². The first kappa shape index (κ1) is 12.9. The van der Waals surface area contributed by atoms with Crippen LogP contribution in [0.5, 0.6) is 0 Å².